The highest BCUT2D eigenvalue weighted by molar-refractivity contribution is 5.99. The molecular weight excluding hydrogens is 372 g/mol. The number of carbonyl (C=O) groups excluding carboxylic acids is 3. The van der Waals surface area contributed by atoms with Crippen molar-refractivity contribution in [3.63, 3.8) is 0 Å². The van der Waals surface area contributed by atoms with Gasteiger partial charge in [-0.3, -0.25) is 14.4 Å². The molecule has 0 aromatic heterocycles. The second kappa shape index (κ2) is 7.57. The van der Waals surface area contributed by atoms with Gasteiger partial charge >= 0.3 is 0 Å². The van der Waals surface area contributed by atoms with Crippen LogP contribution in [-0.2, 0) is 14.3 Å². The van der Waals surface area contributed by atoms with Crippen LogP contribution in [0.25, 0.3) is 0 Å². The maximum absolute atomic E-state index is 13.1. The average Bonchev–Trinajstić information content (AvgIpc) is 3.20. The van der Waals surface area contributed by atoms with Gasteiger partial charge in [0.05, 0.1) is 24.3 Å². The van der Waals surface area contributed by atoms with Crippen LogP contribution in [0, 0.1) is 23.7 Å². The lowest BCUT2D eigenvalue weighted by atomic mass is 10.0. The van der Waals surface area contributed by atoms with Crippen molar-refractivity contribution in [3.05, 3.63) is 35.4 Å². The lowest BCUT2D eigenvalue weighted by Gasteiger charge is -2.47. The largest absolute Gasteiger partial charge is 0.364 e. The van der Waals surface area contributed by atoms with Crippen molar-refractivity contribution in [1.82, 2.24) is 14.7 Å². The van der Waals surface area contributed by atoms with Gasteiger partial charge in [-0.2, -0.15) is 5.26 Å². The molecule has 3 atom stereocenters. The van der Waals surface area contributed by atoms with Gasteiger partial charge in [-0.1, -0.05) is 5.92 Å². The number of benzene rings is 1. The summed E-state index contributed by atoms with van der Waals surface area (Å²) in [7, 11) is 0. The van der Waals surface area contributed by atoms with Crippen LogP contribution in [-0.4, -0.2) is 83.4 Å². The summed E-state index contributed by atoms with van der Waals surface area (Å²) in [6, 6.07) is 7.21. The Bertz CT molecular complexity index is 929. The first kappa shape index (κ1) is 19.0. The van der Waals surface area contributed by atoms with Crippen molar-refractivity contribution < 1.29 is 19.1 Å². The van der Waals surface area contributed by atoms with Gasteiger partial charge in [-0.25, -0.2) is 0 Å². The van der Waals surface area contributed by atoms with E-state index in [-0.39, 0.29) is 37.0 Å². The van der Waals surface area contributed by atoms with Crippen LogP contribution in [0.1, 0.15) is 22.3 Å². The summed E-state index contributed by atoms with van der Waals surface area (Å²) in [6.07, 6.45) is 5.43. The molecule has 8 nitrogen and oxygen atoms in total. The van der Waals surface area contributed by atoms with Gasteiger partial charge in [0.15, 0.2) is 0 Å². The molecule has 4 rings (SSSR count). The van der Waals surface area contributed by atoms with E-state index in [1.165, 1.54) is 0 Å². The van der Waals surface area contributed by atoms with E-state index in [1.807, 2.05) is 6.07 Å². The Hall–Kier alpha value is -3.36. The van der Waals surface area contributed by atoms with Crippen LogP contribution in [0.2, 0.25) is 0 Å². The number of rotatable bonds is 3. The summed E-state index contributed by atoms with van der Waals surface area (Å²) >= 11 is 0. The predicted octanol–water partition coefficient (Wildman–Crippen LogP) is -0.156. The SMILES string of the molecule is C#CCOC1CC2C(=O)N3CCN(C(=O)c4ccc(C#N)cc4)CC3C(=O)N2C1. The summed E-state index contributed by atoms with van der Waals surface area (Å²) in [5.41, 5.74) is 0.926. The third-order valence-corrected chi connectivity index (χ3v) is 5.73. The third kappa shape index (κ3) is 3.32. The molecule has 0 radical (unpaired) electrons. The monoisotopic (exact) mass is 392 g/mol. The van der Waals surface area contributed by atoms with E-state index < -0.39 is 12.1 Å². The Balaban J connectivity index is 1.48. The smallest absolute Gasteiger partial charge is 0.253 e. The van der Waals surface area contributed by atoms with Crippen molar-refractivity contribution in [1.29, 1.82) is 5.26 Å². The summed E-state index contributed by atoms with van der Waals surface area (Å²) < 4.78 is 5.54. The van der Waals surface area contributed by atoms with Gasteiger partial charge in [0.25, 0.3) is 5.91 Å². The van der Waals surface area contributed by atoms with E-state index in [4.69, 9.17) is 16.4 Å². The van der Waals surface area contributed by atoms with Crippen LogP contribution in [0.4, 0.5) is 0 Å². The van der Waals surface area contributed by atoms with Gasteiger partial charge in [0, 0.05) is 31.6 Å². The Morgan fingerprint density at radius 3 is 2.52 bits per heavy atom. The zero-order chi connectivity index (χ0) is 20.5. The molecule has 148 valence electrons. The molecule has 3 aliphatic rings. The molecule has 3 saturated heterocycles. The number of hydrogen-bond acceptors (Lipinski definition) is 5. The fraction of sp³-hybridized carbons (Fsp3) is 0.429. The van der Waals surface area contributed by atoms with Crippen LogP contribution in [0.3, 0.4) is 0 Å². The highest BCUT2D eigenvalue weighted by Crippen LogP contribution is 2.30. The minimum absolute atomic E-state index is 0.0909. The Morgan fingerprint density at radius 2 is 1.83 bits per heavy atom. The molecule has 8 heteroatoms. The summed E-state index contributed by atoms with van der Waals surface area (Å²) in [6.45, 7) is 1.32. The number of nitrogens with zero attached hydrogens (tertiary/aromatic N) is 4. The molecule has 0 aliphatic carbocycles. The summed E-state index contributed by atoms with van der Waals surface area (Å²) in [4.78, 5) is 43.6. The molecule has 1 aromatic rings. The topological polar surface area (TPSA) is 94.0 Å². The number of piperazine rings is 2. The maximum atomic E-state index is 13.1. The molecular formula is C21H20N4O4. The van der Waals surface area contributed by atoms with Crippen LogP contribution < -0.4 is 0 Å². The van der Waals surface area contributed by atoms with Crippen molar-refractivity contribution in [2.24, 2.45) is 0 Å². The number of ether oxygens (including phenoxy) is 1. The molecule has 29 heavy (non-hydrogen) atoms. The fourth-order valence-electron chi connectivity index (χ4n) is 4.26. The third-order valence-electron chi connectivity index (χ3n) is 5.73. The number of hydrogen-bond donors (Lipinski definition) is 0. The Labute approximate surface area is 168 Å². The zero-order valence-electron chi connectivity index (χ0n) is 15.8. The molecule has 0 N–H and O–H groups in total. The first-order chi connectivity index (χ1) is 14.0. The highest BCUT2D eigenvalue weighted by Gasteiger charge is 2.52. The summed E-state index contributed by atoms with van der Waals surface area (Å²) in [5.74, 6) is 1.95. The molecule has 3 aliphatic heterocycles. The molecule has 0 spiro atoms. The molecule has 3 amide bonds. The number of nitriles is 1. The number of terminal acetylenes is 1. The van der Waals surface area contributed by atoms with E-state index in [2.05, 4.69) is 5.92 Å². The van der Waals surface area contributed by atoms with Crippen LogP contribution in [0.15, 0.2) is 24.3 Å². The van der Waals surface area contributed by atoms with Crippen LogP contribution in [0.5, 0.6) is 0 Å². The minimum atomic E-state index is -0.679. The first-order valence-corrected chi connectivity index (χ1v) is 9.49. The van der Waals surface area contributed by atoms with E-state index in [9.17, 15) is 14.4 Å². The lowest BCUT2D eigenvalue weighted by molar-refractivity contribution is -0.162. The Kier molecular flexibility index (Phi) is 4.96. The fourth-order valence-corrected chi connectivity index (χ4v) is 4.26. The molecule has 0 bridgehead atoms. The Morgan fingerprint density at radius 1 is 1.10 bits per heavy atom. The van der Waals surface area contributed by atoms with Crippen LogP contribution >= 0.6 is 0 Å². The molecule has 0 saturated carbocycles. The first-order valence-electron chi connectivity index (χ1n) is 9.49. The standard InChI is InChI=1S/C21H20N4O4/c1-2-9-29-16-10-17-20(27)24-8-7-23(13-18(24)21(28)25(17)12-16)19(26)15-5-3-14(11-22)4-6-15/h1,3-6,16-18H,7-10,12-13H2. The van der Waals surface area contributed by atoms with Crippen molar-refractivity contribution in [3.8, 4) is 18.4 Å². The van der Waals surface area contributed by atoms with E-state index in [1.54, 1.807) is 39.0 Å². The molecule has 3 fully saturated rings. The quantitative estimate of drug-likeness (QED) is 0.667. The maximum Gasteiger partial charge on any atom is 0.253 e. The number of carbonyl (C=O) groups is 3. The minimum Gasteiger partial charge on any atom is -0.364 e. The number of fused-ring (bicyclic) bond motifs is 2. The van der Waals surface area contributed by atoms with Crippen molar-refractivity contribution >= 4 is 17.7 Å². The second-order valence-corrected chi connectivity index (χ2v) is 7.37. The van der Waals surface area contributed by atoms with Crippen molar-refractivity contribution in [2.45, 2.75) is 24.6 Å². The zero-order valence-corrected chi connectivity index (χ0v) is 15.8. The van der Waals surface area contributed by atoms with E-state index >= 15 is 0 Å². The van der Waals surface area contributed by atoms with Crippen molar-refractivity contribution in [2.75, 3.05) is 32.8 Å². The highest BCUT2D eigenvalue weighted by atomic mass is 16.5. The normalized spacial score (nSPS) is 25.9. The average molecular weight is 392 g/mol. The predicted molar refractivity (Wildman–Crippen MR) is 101 cm³/mol. The molecule has 1 aromatic carbocycles. The van der Waals surface area contributed by atoms with E-state index in [0.717, 1.165) is 0 Å². The molecule has 3 unspecified atom stereocenters. The van der Waals surface area contributed by atoms with Gasteiger partial charge in [0.1, 0.15) is 18.7 Å². The summed E-state index contributed by atoms with van der Waals surface area (Å²) in [5, 5.41) is 8.90. The second-order valence-electron chi connectivity index (χ2n) is 7.37. The molecule has 3 heterocycles. The van der Waals surface area contributed by atoms with Gasteiger partial charge < -0.3 is 19.4 Å². The van der Waals surface area contributed by atoms with Gasteiger partial charge in [0.2, 0.25) is 11.8 Å². The lowest BCUT2D eigenvalue weighted by Crippen LogP contribution is -2.69. The van der Waals surface area contributed by atoms with Gasteiger partial charge in [-0.15, -0.1) is 6.42 Å². The number of amides is 3. The van der Waals surface area contributed by atoms with Gasteiger partial charge in [-0.05, 0) is 24.3 Å². The van der Waals surface area contributed by atoms with E-state index in [0.29, 0.717) is 37.2 Å².